The molecule has 1 saturated heterocycles. The standard InChI is InChI=1S/C21H28BrN3O6S/c1-3-4-9-30-17-6-5-14(12-15(17)22)19(27)24-21(32)25-8-7-23-20(28)16(25)13-18(26)31-11-10-29-2/h5-6,12,16H,3-4,7-11,13H2,1-2H3,(H,23,28)(H,24,27,32). The van der Waals surface area contributed by atoms with Crippen LogP contribution in [0.4, 0.5) is 0 Å². The molecule has 9 nitrogen and oxygen atoms in total. The summed E-state index contributed by atoms with van der Waals surface area (Å²) in [5, 5.41) is 5.42. The van der Waals surface area contributed by atoms with Crippen LogP contribution in [0.2, 0.25) is 0 Å². The van der Waals surface area contributed by atoms with E-state index < -0.39 is 17.9 Å². The molecular weight excluding hydrogens is 502 g/mol. The maximum atomic E-state index is 12.7. The summed E-state index contributed by atoms with van der Waals surface area (Å²) in [6.45, 7) is 3.73. The molecule has 1 unspecified atom stereocenters. The minimum absolute atomic E-state index is 0.0685. The fraction of sp³-hybridized carbons (Fsp3) is 0.524. The highest BCUT2D eigenvalue weighted by molar-refractivity contribution is 9.10. The van der Waals surface area contributed by atoms with Crippen molar-refractivity contribution in [3.8, 4) is 5.75 Å². The van der Waals surface area contributed by atoms with Gasteiger partial charge < -0.3 is 24.4 Å². The molecule has 0 aromatic heterocycles. The van der Waals surface area contributed by atoms with Gasteiger partial charge in [-0.05, 0) is 52.8 Å². The highest BCUT2D eigenvalue weighted by Gasteiger charge is 2.34. The van der Waals surface area contributed by atoms with Gasteiger partial charge in [-0.15, -0.1) is 0 Å². The van der Waals surface area contributed by atoms with Crippen molar-refractivity contribution in [1.82, 2.24) is 15.5 Å². The van der Waals surface area contributed by atoms with Crippen molar-refractivity contribution in [2.75, 3.05) is 40.0 Å². The molecule has 1 aliphatic rings. The van der Waals surface area contributed by atoms with Crippen LogP contribution in [0.15, 0.2) is 22.7 Å². The molecule has 0 spiro atoms. The summed E-state index contributed by atoms with van der Waals surface area (Å²) in [4.78, 5) is 38.7. The number of unbranched alkanes of at least 4 members (excludes halogenated alkanes) is 1. The number of hydrogen-bond donors (Lipinski definition) is 2. The molecule has 0 radical (unpaired) electrons. The van der Waals surface area contributed by atoms with E-state index in [0.717, 1.165) is 12.8 Å². The zero-order valence-corrected chi connectivity index (χ0v) is 20.6. The van der Waals surface area contributed by atoms with Crippen LogP contribution in [0.5, 0.6) is 5.75 Å². The summed E-state index contributed by atoms with van der Waals surface area (Å²) in [5.41, 5.74) is 0.374. The lowest BCUT2D eigenvalue weighted by Gasteiger charge is -2.36. The Labute approximate surface area is 201 Å². The van der Waals surface area contributed by atoms with Gasteiger partial charge in [0.15, 0.2) is 5.11 Å². The molecule has 2 N–H and O–H groups in total. The summed E-state index contributed by atoms with van der Waals surface area (Å²) in [5.74, 6) is -0.681. The molecule has 1 aromatic carbocycles. The third-order valence-electron chi connectivity index (χ3n) is 4.67. The second-order valence-corrected chi connectivity index (χ2v) is 8.27. The lowest BCUT2D eigenvalue weighted by atomic mass is 10.1. The van der Waals surface area contributed by atoms with E-state index in [1.165, 1.54) is 12.0 Å². The topological polar surface area (TPSA) is 106 Å². The van der Waals surface area contributed by atoms with Crippen molar-refractivity contribution < 1.29 is 28.6 Å². The number of ether oxygens (including phenoxy) is 3. The number of amides is 2. The van der Waals surface area contributed by atoms with Crippen LogP contribution in [-0.2, 0) is 19.1 Å². The average molecular weight is 530 g/mol. The third-order valence-corrected chi connectivity index (χ3v) is 5.63. The Morgan fingerprint density at radius 3 is 2.78 bits per heavy atom. The number of esters is 1. The first-order valence-electron chi connectivity index (χ1n) is 10.3. The van der Waals surface area contributed by atoms with E-state index in [2.05, 4.69) is 33.5 Å². The Kier molecular flexibility index (Phi) is 10.8. The summed E-state index contributed by atoms with van der Waals surface area (Å²) in [7, 11) is 1.50. The average Bonchev–Trinajstić information content (AvgIpc) is 2.76. The fourth-order valence-corrected chi connectivity index (χ4v) is 3.75. The van der Waals surface area contributed by atoms with E-state index >= 15 is 0 Å². The van der Waals surface area contributed by atoms with Crippen LogP contribution in [0.25, 0.3) is 0 Å². The van der Waals surface area contributed by atoms with Gasteiger partial charge in [0.2, 0.25) is 5.91 Å². The first-order chi connectivity index (χ1) is 15.4. The number of benzene rings is 1. The van der Waals surface area contributed by atoms with Gasteiger partial charge in [0.05, 0.1) is 24.1 Å². The van der Waals surface area contributed by atoms with Gasteiger partial charge in [0.25, 0.3) is 5.91 Å². The SMILES string of the molecule is CCCCOc1ccc(C(=O)NC(=S)N2CCNC(=O)C2CC(=O)OCCOC)cc1Br. The normalized spacial score (nSPS) is 15.7. The van der Waals surface area contributed by atoms with Crippen molar-refractivity contribution in [3.05, 3.63) is 28.2 Å². The monoisotopic (exact) mass is 529 g/mol. The van der Waals surface area contributed by atoms with Crippen molar-refractivity contribution in [3.63, 3.8) is 0 Å². The number of nitrogens with zero attached hydrogens (tertiary/aromatic N) is 1. The quantitative estimate of drug-likeness (QED) is 0.269. The number of methoxy groups -OCH3 is 1. The van der Waals surface area contributed by atoms with Gasteiger partial charge in [0.1, 0.15) is 18.4 Å². The molecule has 0 aliphatic carbocycles. The van der Waals surface area contributed by atoms with Crippen LogP contribution in [0, 0.1) is 0 Å². The molecule has 1 fully saturated rings. The number of hydrogen-bond acceptors (Lipinski definition) is 7. The molecule has 2 amide bonds. The Bertz CT molecular complexity index is 838. The highest BCUT2D eigenvalue weighted by Crippen LogP contribution is 2.26. The smallest absolute Gasteiger partial charge is 0.308 e. The lowest BCUT2D eigenvalue weighted by Crippen LogP contribution is -2.60. The number of rotatable bonds is 10. The minimum atomic E-state index is -0.868. The van der Waals surface area contributed by atoms with Gasteiger partial charge in [-0.3, -0.25) is 19.7 Å². The van der Waals surface area contributed by atoms with E-state index in [1.807, 2.05) is 0 Å². The zero-order valence-electron chi connectivity index (χ0n) is 18.1. The molecule has 176 valence electrons. The van der Waals surface area contributed by atoms with E-state index in [4.69, 9.17) is 26.4 Å². The van der Waals surface area contributed by atoms with Crippen molar-refractivity contribution in [2.24, 2.45) is 0 Å². The van der Waals surface area contributed by atoms with Crippen LogP contribution >= 0.6 is 28.1 Å². The lowest BCUT2D eigenvalue weighted by molar-refractivity contribution is -0.148. The largest absolute Gasteiger partial charge is 0.492 e. The van der Waals surface area contributed by atoms with E-state index in [1.54, 1.807) is 18.2 Å². The minimum Gasteiger partial charge on any atom is -0.492 e. The summed E-state index contributed by atoms with van der Waals surface area (Å²) in [6.07, 6.45) is 1.77. The number of halogens is 1. The highest BCUT2D eigenvalue weighted by atomic mass is 79.9. The predicted octanol–water partition coefficient (Wildman–Crippen LogP) is 2.02. The molecule has 0 saturated carbocycles. The van der Waals surface area contributed by atoms with E-state index in [0.29, 0.717) is 35.5 Å². The second-order valence-electron chi connectivity index (χ2n) is 7.02. The van der Waals surface area contributed by atoms with Crippen LogP contribution in [-0.4, -0.2) is 73.9 Å². The number of nitrogens with one attached hydrogen (secondary N) is 2. The second kappa shape index (κ2) is 13.3. The summed E-state index contributed by atoms with van der Waals surface area (Å²) in [6, 6.07) is 4.13. The maximum absolute atomic E-state index is 12.7. The molecule has 1 aliphatic heterocycles. The Morgan fingerprint density at radius 1 is 1.31 bits per heavy atom. The Morgan fingerprint density at radius 2 is 2.09 bits per heavy atom. The van der Waals surface area contributed by atoms with Crippen LogP contribution in [0.1, 0.15) is 36.5 Å². The number of thiocarbonyl (C=S) groups is 1. The summed E-state index contributed by atoms with van der Waals surface area (Å²) >= 11 is 8.79. The molecule has 1 atom stereocenters. The molecule has 1 aromatic rings. The third kappa shape index (κ3) is 7.72. The predicted molar refractivity (Wildman–Crippen MR) is 126 cm³/mol. The van der Waals surface area contributed by atoms with Crippen molar-refractivity contribution in [1.29, 1.82) is 0 Å². The number of carbonyl (C=O) groups is 3. The fourth-order valence-electron chi connectivity index (χ4n) is 2.94. The van der Waals surface area contributed by atoms with Gasteiger partial charge in [-0.2, -0.15) is 0 Å². The molecule has 0 bridgehead atoms. The van der Waals surface area contributed by atoms with Gasteiger partial charge in [-0.1, -0.05) is 13.3 Å². The Balaban J connectivity index is 2.00. The molecule has 1 heterocycles. The maximum Gasteiger partial charge on any atom is 0.308 e. The molecular formula is C21H28BrN3O6S. The van der Waals surface area contributed by atoms with Crippen LogP contribution in [0.3, 0.4) is 0 Å². The Hall–Kier alpha value is -2.24. The van der Waals surface area contributed by atoms with Crippen molar-refractivity contribution >= 4 is 51.0 Å². The van der Waals surface area contributed by atoms with Gasteiger partial charge in [0, 0.05) is 25.8 Å². The number of piperazine rings is 1. The first-order valence-corrected chi connectivity index (χ1v) is 11.5. The van der Waals surface area contributed by atoms with Gasteiger partial charge >= 0.3 is 5.97 Å². The number of carbonyl (C=O) groups excluding carboxylic acids is 3. The van der Waals surface area contributed by atoms with Crippen LogP contribution < -0.4 is 15.4 Å². The summed E-state index contributed by atoms with van der Waals surface area (Å²) < 4.78 is 16.2. The van der Waals surface area contributed by atoms with E-state index in [9.17, 15) is 14.4 Å². The molecule has 11 heteroatoms. The molecule has 32 heavy (non-hydrogen) atoms. The van der Waals surface area contributed by atoms with Crippen molar-refractivity contribution in [2.45, 2.75) is 32.2 Å². The van der Waals surface area contributed by atoms with Gasteiger partial charge in [-0.25, -0.2) is 0 Å². The molecule has 2 rings (SSSR count). The first kappa shape index (κ1) is 26.0. The zero-order chi connectivity index (χ0) is 23.5. The van der Waals surface area contributed by atoms with E-state index in [-0.39, 0.29) is 30.7 Å².